The maximum absolute atomic E-state index is 5.11. The third kappa shape index (κ3) is 3.67. The Morgan fingerprint density at radius 2 is 2.00 bits per heavy atom. The summed E-state index contributed by atoms with van der Waals surface area (Å²) in [5.74, 6) is 0. The fourth-order valence-electron chi connectivity index (χ4n) is 0.746. The highest BCUT2D eigenvalue weighted by Crippen LogP contribution is 2.20. The number of methoxy groups -OCH3 is 1. The smallest absolute Gasteiger partial charge is 0.149 e. The Labute approximate surface area is 66.4 Å². The van der Waals surface area contributed by atoms with Crippen molar-refractivity contribution in [2.45, 2.75) is 19.1 Å². The molecule has 0 N–H and O–H groups in total. The average Bonchev–Trinajstić information content (AvgIpc) is 2.67. The molecule has 0 aromatic heterocycles. The van der Waals surface area contributed by atoms with E-state index < -0.39 is 0 Å². The summed E-state index contributed by atoms with van der Waals surface area (Å²) in [7, 11) is 1.58. The fourth-order valence-corrected chi connectivity index (χ4v) is 0.746. The second-order valence-electron chi connectivity index (χ2n) is 2.48. The van der Waals surface area contributed by atoms with Crippen LogP contribution in [0.15, 0.2) is 0 Å². The van der Waals surface area contributed by atoms with Gasteiger partial charge in [-0.25, -0.2) is 0 Å². The quantitative estimate of drug-likeness (QED) is 0.321. The van der Waals surface area contributed by atoms with Gasteiger partial charge in [0.1, 0.15) is 19.7 Å². The minimum atomic E-state index is 0.278. The molecule has 1 aliphatic rings. The minimum absolute atomic E-state index is 0.278. The predicted octanol–water partition coefficient (Wildman–Crippen LogP) is 0.368. The van der Waals surface area contributed by atoms with Crippen LogP contribution in [-0.4, -0.2) is 39.5 Å². The Morgan fingerprint density at radius 3 is 2.55 bits per heavy atom. The van der Waals surface area contributed by atoms with Gasteiger partial charge in [-0.2, -0.15) is 0 Å². The van der Waals surface area contributed by atoms with E-state index in [0.29, 0.717) is 12.7 Å². The minimum Gasteiger partial charge on any atom is -0.367 e. The first-order valence-corrected chi connectivity index (χ1v) is 3.64. The summed E-state index contributed by atoms with van der Waals surface area (Å²) < 4.78 is 19.8. The van der Waals surface area contributed by atoms with Gasteiger partial charge in [-0.05, 0) is 6.92 Å². The molecule has 0 saturated carbocycles. The standard InChI is InChI=1S/C7H14O4/c1-6-7(11-6)3-9-5-10-4-8-2/h6-7H,3-5H2,1-2H3. The van der Waals surface area contributed by atoms with E-state index in [-0.39, 0.29) is 19.7 Å². The van der Waals surface area contributed by atoms with Gasteiger partial charge in [0.05, 0.1) is 12.7 Å². The van der Waals surface area contributed by atoms with Crippen LogP contribution < -0.4 is 0 Å². The molecule has 11 heavy (non-hydrogen) atoms. The molecule has 2 atom stereocenters. The summed E-state index contributed by atoms with van der Waals surface area (Å²) in [5.41, 5.74) is 0. The van der Waals surface area contributed by atoms with E-state index >= 15 is 0 Å². The molecule has 1 fully saturated rings. The van der Waals surface area contributed by atoms with Gasteiger partial charge in [-0.1, -0.05) is 0 Å². The van der Waals surface area contributed by atoms with Gasteiger partial charge >= 0.3 is 0 Å². The molecule has 1 heterocycles. The molecule has 1 saturated heterocycles. The summed E-state index contributed by atoms with van der Waals surface area (Å²) >= 11 is 0. The molecule has 0 aromatic rings. The Hall–Kier alpha value is -0.160. The zero-order chi connectivity index (χ0) is 8.10. The highest BCUT2D eigenvalue weighted by atomic mass is 16.7. The van der Waals surface area contributed by atoms with E-state index in [4.69, 9.17) is 14.2 Å². The second-order valence-corrected chi connectivity index (χ2v) is 2.48. The lowest BCUT2D eigenvalue weighted by atomic mass is 10.4. The number of ether oxygens (including phenoxy) is 4. The van der Waals surface area contributed by atoms with Gasteiger partial charge in [0.2, 0.25) is 0 Å². The first-order chi connectivity index (χ1) is 5.34. The number of hydrogen-bond acceptors (Lipinski definition) is 4. The van der Waals surface area contributed by atoms with E-state index in [9.17, 15) is 0 Å². The van der Waals surface area contributed by atoms with Crippen LogP contribution in [0.25, 0.3) is 0 Å². The molecule has 0 aliphatic carbocycles. The molecular formula is C7H14O4. The molecule has 1 aliphatic heterocycles. The van der Waals surface area contributed by atoms with Gasteiger partial charge in [0.25, 0.3) is 0 Å². The van der Waals surface area contributed by atoms with Crippen molar-refractivity contribution in [2.24, 2.45) is 0 Å². The van der Waals surface area contributed by atoms with Gasteiger partial charge in [0, 0.05) is 7.11 Å². The first-order valence-electron chi connectivity index (χ1n) is 3.64. The molecule has 0 bridgehead atoms. The highest BCUT2D eigenvalue weighted by molar-refractivity contribution is 4.79. The Morgan fingerprint density at radius 1 is 1.27 bits per heavy atom. The summed E-state index contributed by atoms with van der Waals surface area (Å²) in [6.45, 7) is 3.19. The van der Waals surface area contributed by atoms with Crippen LogP contribution in [0.2, 0.25) is 0 Å². The van der Waals surface area contributed by atoms with Crippen LogP contribution in [0.4, 0.5) is 0 Å². The third-order valence-electron chi connectivity index (χ3n) is 1.49. The van der Waals surface area contributed by atoms with Crippen molar-refractivity contribution in [3.05, 3.63) is 0 Å². The van der Waals surface area contributed by atoms with Gasteiger partial charge in [-0.15, -0.1) is 0 Å². The summed E-state index contributed by atoms with van der Waals surface area (Å²) in [6.07, 6.45) is 0.638. The number of hydrogen-bond donors (Lipinski definition) is 0. The van der Waals surface area contributed by atoms with Crippen LogP contribution >= 0.6 is 0 Å². The van der Waals surface area contributed by atoms with Crippen LogP contribution in [0, 0.1) is 0 Å². The molecule has 0 radical (unpaired) electrons. The van der Waals surface area contributed by atoms with Crippen molar-refractivity contribution in [2.75, 3.05) is 27.3 Å². The molecule has 0 aromatic carbocycles. The van der Waals surface area contributed by atoms with Gasteiger partial charge < -0.3 is 18.9 Å². The lowest BCUT2D eigenvalue weighted by Crippen LogP contribution is -2.08. The lowest BCUT2D eigenvalue weighted by molar-refractivity contribution is -0.122. The third-order valence-corrected chi connectivity index (χ3v) is 1.49. The van der Waals surface area contributed by atoms with Gasteiger partial charge in [0.15, 0.2) is 0 Å². The van der Waals surface area contributed by atoms with Crippen LogP contribution in [0.3, 0.4) is 0 Å². The molecule has 1 rings (SSSR count). The highest BCUT2D eigenvalue weighted by Gasteiger charge is 2.33. The van der Waals surface area contributed by atoms with Crippen molar-refractivity contribution in [3.8, 4) is 0 Å². The molecule has 66 valence electrons. The Balaban J connectivity index is 1.74. The zero-order valence-corrected chi connectivity index (χ0v) is 6.91. The van der Waals surface area contributed by atoms with Crippen LogP contribution in [-0.2, 0) is 18.9 Å². The van der Waals surface area contributed by atoms with E-state index in [1.54, 1.807) is 7.11 Å². The SMILES string of the molecule is COCOCOCC1OC1C. The van der Waals surface area contributed by atoms with Crippen molar-refractivity contribution < 1.29 is 18.9 Å². The van der Waals surface area contributed by atoms with E-state index in [0.717, 1.165) is 0 Å². The normalized spacial score (nSPS) is 28.9. The molecular weight excluding hydrogens is 148 g/mol. The average molecular weight is 162 g/mol. The Bertz CT molecular complexity index is 107. The van der Waals surface area contributed by atoms with Gasteiger partial charge in [-0.3, -0.25) is 0 Å². The molecule has 0 amide bonds. The fraction of sp³-hybridized carbons (Fsp3) is 1.00. The first kappa shape index (κ1) is 8.93. The maximum atomic E-state index is 5.11. The number of epoxide rings is 1. The molecule has 2 unspecified atom stereocenters. The van der Waals surface area contributed by atoms with Crippen molar-refractivity contribution in [1.29, 1.82) is 0 Å². The molecule has 4 nitrogen and oxygen atoms in total. The summed E-state index contributed by atoms with van der Waals surface area (Å²) in [4.78, 5) is 0. The topological polar surface area (TPSA) is 40.2 Å². The Kier molecular flexibility index (Phi) is 3.79. The lowest BCUT2D eigenvalue weighted by Gasteiger charge is -2.01. The van der Waals surface area contributed by atoms with E-state index in [2.05, 4.69) is 4.74 Å². The molecule has 4 heteroatoms. The van der Waals surface area contributed by atoms with Crippen molar-refractivity contribution in [1.82, 2.24) is 0 Å². The molecule has 0 spiro atoms. The largest absolute Gasteiger partial charge is 0.367 e. The number of rotatable bonds is 6. The monoisotopic (exact) mass is 162 g/mol. The second kappa shape index (κ2) is 4.66. The van der Waals surface area contributed by atoms with E-state index in [1.807, 2.05) is 6.92 Å². The summed E-state index contributed by atoms with van der Waals surface area (Å²) in [5, 5.41) is 0. The van der Waals surface area contributed by atoms with Crippen molar-refractivity contribution >= 4 is 0 Å². The predicted molar refractivity (Wildman–Crippen MR) is 38.1 cm³/mol. The van der Waals surface area contributed by atoms with Crippen LogP contribution in [0.1, 0.15) is 6.92 Å². The van der Waals surface area contributed by atoms with E-state index in [1.165, 1.54) is 0 Å². The maximum Gasteiger partial charge on any atom is 0.149 e. The van der Waals surface area contributed by atoms with Crippen molar-refractivity contribution in [3.63, 3.8) is 0 Å². The zero-order valence-electron chi connectivity index (χ0n) is 6.91. The van der Waals surface area contributed by atoms with Crippen LogP contribution in [0.5, 0.6) is 0 Å². The summed E-state index contributed by atoms with van der Waals surface area (Å²) in [6, 6.07) is 0.